The molecule has 2 rings (SSSR count). The molecule has 0 aromatic carbocycles. The first-order valence-corrected chi connectivity index (χ1v) is 6.01. The predicted octanol–water partition coefficient (Wildman–Crippen LogP) is 0.943. The fourth-order valence-corrected chi connectivity index (χ4v) is 1.92. The van der Waals surface area contributed by atoms with Crippen LogP contribution in [0.4, 0.5) is 0 Å². The SMILES string of the molecule is CCOCCc1noc(CC2CCCN2)n1. The first kappa shape index (κ1) is 11.5. The molecule has 0 aliphatic carbocycles. The zero-order chi connectivity index (χ0) is 11.2. The van der Waals surface area contributed by atoms with Crippen molar-refractivity contribution in [2.45, 2.75) is 38.6 Å². The smallest absolute Gasteiger partial charge is 0.228 e. The highest BCUT2D eigenvalue weighted by Gasteiger charge is 2.17. The third kappa shape index (κ3) is 3.28. The molecule has 1 atom stereocenters. The molecule has 0 bridgehead atoms. The van der Waals surface area contributed by atoms with Crippen LogP contribution >= 0.6 is 0 Å². The summed E-state index contributed by atoms with van der Waals surface area (Å²) in [6.45, 7) is 4.48. The highest BCUT2D eigenvalue weighted by Crippen LogP contribution is 2.10. The molecule has 2 heterocycles. The van der Waals surface area contributed by atoms with E-state index in [1.54, 1.807) is 0 Å². The van der Waals surface area contributed by atoms with Crippen molar-refractivity contribution in [2.75, 3.05) is 19.8 Å². The van der Waals surface area contributed by atoms with E-state index in [2.05, 4.69) is 15.5 Å². The van der Waals surface area contributed by atoms with Crippen LogP contribution in [-0.4, -0.2) is 35.9 Å². The summed E-state index contributed by atoms with van der Waals surface area (Å²) in [7, 11) is 0. The van der Waals surface area contributed by atoms with Gasteiger partial charge in [0.2, 0.25) is 5.89 Å². The van der Waals surface area contributed by atoms with E-state index in [-0.39, 0.29) is 0 Å². The maximum absolute atomic E-state index is 5.25. The average molecular weight is 225 g/mol. The summed E-state index contributed by atoms with van der Waals surface area (Å²) in [5.74, 6) is 1.49. The molecular formula is C11H19N3O2. The second-order valence-electron chi connectivity index (χ2n) is 4.05. The van der Waals surface area contributed by atoms with Crippen molar-refractivity contribution >= 4 is 0 Å². The number of aromatic nitrogens is 2. The van der Waals surface area contributed by atoms with Gasteiger partial charge in [-0.15, -0.1) is 0 Å². The van der Waals surface area contributed by atoms with E-state index >= 15 is 0 Å². The molecule has 1 unspecified atom stereocenters. The Bertz CT molecular complexity index is 308. The summed E-state index contributed by atoms with van der Waals surface area (Å²) in [6, 6.07) is 0.514. The molecular weight excluding hydrogens is 206 g/mol. The molecule has 1 fully saturated rings. The summed E-state index contributed by atoms with van der Waals surface area (Å²) in [5, 5.41) is 7.35. The number of hydrogen-bond donors (Lipinski definition) is 1. The second-order valence-corrected chi connectivity index (χ2v) is 4.05. The van der Waals surface area contributed by atoms with Crippen molar-refractivity contribution in [1.82, 2.24) is 15.5 Å². The monoisotopic (exact) mass is 225 g/mol. The molecule has 0 radical (unpaired) electrons. The van der Waals surface area contributed by atoms with Crippen molar-refractivity contribution in [3.8, 4) is 0 Å². The van der Waals surface area contributed by atoms with Gasteiger partial charge in [-0.2, -0.15) is 4.98 Å². The normalized spacial score (nSPS) is 20.4. The number of nitrogens with one attached hydrogen (secondary N) is 1. The molecule has 1 aliphatic rings. The van der Waals surface area contributed by atoms with Gasteiger partial charge in [0.05, 0.1) is 6.61 Å². The number of nitrogens with zero attached hydrogens (tertiary/aromatic N) is 2. The van der Waals surface area contributed by atoms with Crippen LogP contribution in [0.1, 0.15) is 31.5 Å². The highest BCUT2D eigenvalue weighted by atomic mass is 16.5. The molecule has 16 heavy (non-hydrogen) atoms. The molecule has 0 saturated carbocycles. The van der Waals surface area contributed by atoms with E-state index in [4.69, 9.17) is 9.26 Å². The average Bonchev–Trinajstić information content (AvgIpc) is 2.91. The minimum Gasteiger partial charge on any atom is -0.381 e. The van der Waals surface area contributed by atoms with Crippen LogP contribution < -0.4 is 5.32 Å². The number of rotatable bonds is 6. The van der Waals surface area contributed by atoms with Crippen LogP contribution in [0.25, 0.3) is 0 Å². The second kappa shape index (κ2) is 5.96. The third-order valence-corrected chi connectivity index (χ3v) is 2.77. The van der Waals surface area contributed by atoms with Gasteiger partial charge in [-0.25, -0.2) is 0 Å². The van der Waals surface area contributed by atoms with Gasteiger partial charge in [-0.3, -0.25) is 0 Å². The largest absolute Gasteiger partial charge is 0.381 e. The van der Waals surface area contributed by atoms with E-state index in [0.29, 0.717) is 12.6 Å². The van der Waals surface area contributed by atoms with Crippen molar-refractivity contribution in [1.29, 1.82) is 0 Å². The van der Waals surface area contributed by atoms with Crippen molar-refractivity contribution in [3.63, 3.8) is 0 Å². The Morgan fingerprint density at radius 1 is 1.56 bits per heavy atom. The van der Waals surface area contributed by atoms with Crippen LogP contribution in [0.15, 0.2) is 4.52 Å². The maximum Gasteiger partial charge on any atom is 0.228 e. The lowest BCUT2D eigenvalue weighted by Gasteiger charge is -2.04. The summed E-state index contributed by atoms with van der Waals surface area (Å²) in [5.41, 5.74) is 0. The van der Waals surface area contributed by atoms with Gasteiger partial charge in [-0.1, -0.05) is 5.16 Å². The minimum absolute atomic E-state index is 0.514. The van der Waals surface area contributed by atoms with E-state index < -0.39 is 0 Å². The quantitative estimate of drug-likeness (QED) is 0.730. The Morgan fingerprint density at radius 3 is 3.25 bits per heavy atom. The highest BCUT2D eigenvalue weighted by molar-refractivity contribution is 4.91. The first-order chi connectivity index (χ1) is 7.88. The molecule has 0 spiro atoms. The molecule has 90 valence electrons. The van der Waals surface area contributed by atoms with Crippen LogP contribution in [-0.2, 0) is 17.6 Å². The lowest BCUT2D eigenvalue weighted by atomic mass is 10.1. The van der Waals surface area contributed by atoms with E-state index in [9.17, 15) is 0 Å². The molecule has 5 nitrogen and oxygen atoms in total. The van der Waals surface area contributed by atoms with Crippen LogP contribution in [0.2, 0.25) is 0 Å². The molecule has 5 heteroatoms. The predicted molar refractivity (Wildman–Crippen MR) is 59.2 cm³/mol. The van der Waals surface area contributed by atoms with Gasteiger partial charge in [0.25, 0.3) is 0 Å². The molecule has 1 N–H and O–H groups in total. The van der Waals surface area contributed by atoms with Crippen molar-refractivity contribution in [2.24, 2.45) is 0 Å². The van der Waals surface area contributed by atoms with Gasteiger partial charge < -0.3 is 14.6 Å². The van der Waals surface area contributed by atoms with Gasteiger partial charge >= 0.3 is 0 Å². The lowest BCUT2D eigenvalue weighted by Crippen LogP contribution is -2.23. The molecule has 1 aromatic rings. The lowest BCUT2D eigenvalue weighted by molar-refractivity contribution is 0.149. The first-order valence-electron chi connectivity index (χ1n) is 6.01. The van der Waals surface area contributed by atoms with Crippen LogP contribution in [0.3, 0.4) is 0 Å². The van der Waals surface area contributed by atoms with Crippen LogP contribution in [0.5, 0.6) is 0 Å². The topological polar surface area (TPSA) is 60.2 Å². The molecule has 1 aromatic heterocycles. The molecule has 1 aliphatic heterocycles. The van der Waals surface area contributed by atoms with Gasteiger partial charge in [0.15, 0.2) is 5.82 Å². The van der Waals surface area contributed by atoms with Crippen molar-refractivity contribution < 1.29 is 9.26 Å². The van der Waals surface area contributed by atoms with E-state index in [1.807, 2.05) is 6.92 Å². The Kier molecular flexibility index (Phi) is 4.30. The molecule has 0 amide bonds. The number of hydrogen-bond acceptors (Lipinski definition) is 5. The van der Waals surface area contributed by atoms with Crippen LogP contribution in [0, 0.1) is 0 Å². The summed E-state index contributed by atoms with van der Waals surface area (Å²) < 4.78 is 10.4. The molecule has 1 saturated heterocycles. The fraction of sp³-hybridized carbons (Fsp3) is 0.818. The zero-order valence-electron chi connectivity index (χ0n) is 9.74. The standard InChI is InChI=1S/C11H19N3O2/c1-2-15-7-5-10-13-11(16-14-10)8-9-4-3-6-12-9/h9,12H,2-8H2,1H3. The summed E-state index contributed by atoms with van der Waals surface area (Å²) in [6.07, 6.45) is 4.03. The third-order valence-electron chi connectivity index (χ3n) is 2.77. The van der Waals surface area contributed by atoms with E-state index in [0.717, 1.165) is 37.7 Å². The summed E-state index contributed by atoms with van der Waals surface area (Å²) in [4.78, 5) is 4.35. The zero-order valence-corrected chi connectivity index (χ0v) is 9.74. The summed E-state index contributed by atoms with van der Waals surface area (Å²) >= 11 is 0. The van der Waals surface area contributed by atoms with Gasteiger partial charge in [0.1, 0.15) is 0 Å². The Labute approximate surface area is 95.6 Å². The Hall–Kier alpha value is -0.940. The maximum atomic E-state index is 5.25. The number of ether oxygens (including phenoxy) is 1. The van der Waals surface area contributed by atoms with Crippen molar-refractivity contribution in [3.05, 3.63) is 11.7 Å². The Morgan fingerprint density at radius 2 is 2.50 bits per heavy atom. The van der Waals surface area contributed by atoms with Gasteiger partial charge in [-0.05, 0) is 26.3 Å². The minimum atomic E-state index is 0.514. The van der Waals surface area contributed by atoms with E-state index in [1.165, 1.54) is 12.8 Å². The fourth-order valence-electron chi connectivity index (χ4n) is 1.92. The Balaban J connectivity index is 1.77. The van der Waals surface area contributed by atoms with Gasteiger partial charge in [0, 0.05) is 25.5 Å².